The number of allylic oxidation sites excluding steroid dienone is 4. The Hall–Kier alpha value is -0.520. The smallest absolute Gasteiger partial charge is 0.0351 e. The Bertz CT molecular complexity index is 166. The minimum atomic E-state index is 1.26. The van der Waals surface area contributed by atoms with E-state index in [1.54, 1.807) is 0 Å². The van der Waals surface area contributed by atoms with Crippen LogP contribution in [0, 0.1) is 0 Å². The van der Waals surface area contributed by atoms with Crippen molar-refractivity contribution in [3.8, 4) is 0 Å². The van der Waals surface area contributed by atoms with E-state index >= 15 is 0 Å². The summed E-state index contributed by atoms with van der Waals surface area (Å²) in [6.45, 7) is 8.93. The second kappa shape index (κ2) is 23.6. The molecule has 0 aliphatic carbocycles. The number of hydrogen-bond donors (Lipinski definition) is 0. The topological polar surface area (TPSA) is 0 Å². The molecule has 0 fully saturated rings. The molecule has 0 heterocycles. The van der Waals surface area contributed by atoms with E-state index in [-0.39, 0.29) is 0 Å². The highest BCUT2D eigenvalue weighted by atomic mass is 13.9. The van der Waals surface area contributed by atoms with Crippen LogP contribution in [0.4, 0.5) is 0 Å². The third-order valence-corrected chi connectivity index (χ3v) is 3.19. The van der Waals surface area contributed by atoms with Crippen molar-refractivity contribution in [2.24, 2.45) is 0 Å². The zero-order chi connectivity index (χ0) is 15.3. The Morgan fingerprint density at radius 1 is 0.400 bits per heavy atom. The summed E-state index contributed by atoms with van der Waals surface area (Å²) in [5.41, 5.74) is 0. The van der Waals surface area contributed by atoms with Crippen LogP contribution in [0.2, 0.25) is 0 Å². The van der Waals surface area contributed by atoms with Crippen molar-refractivity contribution < 1.29 is 0 Å². The van der Waals surface area contributed by atoms with E-state index in [0.29, 0.717) is 0 Å². The van der Waals surface area contributed by atoms with Crippen molar-refractivity contribution in [3.05, 3.63) is 24.3 Å². The predicted molar refractivity (Wildman–Crippen MR) is 96.4 cm³/mol. The van der Waals surface area contributed by atoms with Crippen molar-refractivity contribution in [1.82, 2.24) is 0 Å². The summed E-state index contributed by atoms with van der Waals surface area (Å²) >= 11 is 0. The first-order valence-electron chi connectivity index (χ1n) is 9.13. The molecule has 0 aromatic heterocycles. The summed E-state index contributed by atoms with van der Waals surface area (Å²) in [6.07, 6.45) is 25.1. The zero-order valence-corrected chi connectivity index (χ0v) is 14.8. The van der Waals surface area contributed by atoms with E-state index in [1.165, 1.54) is 77.0 Å². The van der Waals surface area contributed by atoms with Crippen LogP contribution in [0.1, 0.15) is 105 Å². The molecule has 20 heavy (non-hydrogen) atoms. The lowest BCUT2D eigenvalue weighted by atomic mass is 10.2. The molecule has 0 saturated heterocycles. The van der Waals surface area contributed by atoms with E-state index in [2.05, 4.69) is 52.0 Å². The van der Waals surface area contributed by atoms with Gasteiger partial charge in [0.1, 0.15) is 0 Å². The van der Waals surface area contributed by atoms with Gasteiger partial charge in [0.05, 0.1) is 0 Å². The molecular formula is C20H40. The van der Waals surface area contributed by atoms with Crippen LogP contribution in [0.25, 0.3) is 0 Å². The van der Waals surface area contributed by atoms with Gasteiger partial charge in [-0.15, -0.1) is 0 Å². The molecule has 0 unspecified atom stereocenters. The van der Waals surface area contributed by atoms with E-state index in [9.17, 15) is 0 Å². The number of hydrogen-bond acceptors (Lipinski definition) is 0. The minimum Gasteiger partial charge on any atom is -0.0885 e. The molecule has 0 spiro atoms. The van der Waals surface area contributed by atoms with Gasteiger partial charge >= 0.3 is 0 Å². The van der Waals surface area contributed by atoms with Gasteiger partial charge in [-0.05, 0) is 38.5 Å². The Morgan fingerprint density at radius 2 is 0.750 bits per heavy atom. The molecule has 0 aromatic rings. The van der Waals surface area contributed by atoms with Crippen LogP contribution < -0.4 is 0 Å². The van der Waals surface area contributed by atoms with Gasteiger partial charge in [-0.25, -0.2) is 0 Å². The molecule has 0 rings (SSSR count). The minimum absolute atomic E-state index is 1.26. The third kappa shape index (κ3) is 26.1. The molecular weight excluding hydrogens is 240 g/mol. The zero-order valence-electron chi connectivity index (χ0n) is 14.8. The van der Waals surface area contributed by atoms with Crippen molar-refractivity contribution in [1.29, 1.82) is 0 Å². The highest BCUT2D eigenvalue weighted by molar-refractivity contribution is 4.81. The second-order valence-electron chi connectivity index (χ2n) is 5.51. The second-order valence-corrected chi connectivity index (χ2v) is 5.51. The van der Waals surface area contributed by atoms with Crippen LogP contribution in [0.5, 0.6) is 0 Å². The first kappa shape index (κ1) is 21.8. The average Bonchev–Trinajstić information content (AvgIpc) is 2.47. The van der Waals surface area contributed by atoms with Crippen LogP contribution in [0.3, 0.4) is 0 Å². The molecule has 0 N–H and O–H groups in total. The molecule has 0 saturated carbocycles. The lowest BCUT2D eigenvalue weighted by Gasteiger charge is -1.90. The van der Waals surface area contributed by atoms with Gasteiger partial charge in [0.15, 0.2) is 0 Å². The predicted octanol–water partition coefficient (Wildman–Crippen LogP) is 7.85. The Morgan fingerprint density at radius 3 is 1.05 bits per heavy atom. The van der Waals surface area contributed by atoms with E-state index in [1.807, 2.05) is 0 Å². The van der Waals surface area contributed by atoms with Gasteiger partial charge in [0, 0.05) is 0 Å². The van der Waals surface area contributed by atoms with Crippen molar-refractivity contribution in [2.45, 2.75) is 105 Å². The fourth-order valence-corrected chi connectivity index (χ4v) is 1.83. The van der Waals surface area contributed by atoms with Crippen LogP contribution >= 0.6 is 0 Å². The molecule has 120 valence electrons. The van der Waals surface area contributed by atoms with Gasteiger partial charge in [-0.3, -0.25) is 0 Å². The third-order valence-electron chi connectivity index (χ3n) is 3.19. The van der Waals surface area contributed by atoms with Gasteiger partial charge in [0.25, 0.3) is 0 Å². The lowest BCUT2D eigenvalue weighted by Crippen LogP contribution is -1.70. The van der Waals surface area contributed by atoms with Crippen LogP contribution in [0.15, 0.2) is 24.3 Å². The molecule has 0 nitrogen and oxygen atoms in total. The standard InChI is InChI=1S/2C10H20/c2*1-3-5-7-9-10-8-6-4-2/h2*7,9H,3-6,8,10H2,1-2H3. The fourth-order valence-electron chi connectivity index (χ4n) is 1.83. The maximum absolute atomic E-state index is 2.32. The van der Waals surface area contributed by atoms with E-state index in [4.69, 9.17) is 0 Å². The summed E-state index contributed by atoms with van der Waals surface area (Å²) in [5, 5.41) is 0. The molecule has 0 bridgehead atoms. The quantitative estimate of drug-likeness (QED) is 0.252. The van der Waals surface area contributed by atoms with Crippen LogP contribution in [-0.2, 0) is 0 Å². The monoisotopic (exact) mass is 280 g/mol. The SMILES string of the molecule is CCCC=CCCCCC.CCCC=CCCCCC. The number of rotatable bonds is 12. The normalized spacial score (nSPS) is 11.0. The summed E-state index contributed by atoms with van der Waals surface area (Å²) in [5.74, 6) is 0. The summed E-state index contributed by atoms with van der Waals surface area (Å²) in [4.78, 5) is 0. The Labute approximate surface area is 129 Å². The lowest BCUT2D eigenvalue weighted by molar-refractivity contribution is 0.727. The van der Waals surface area contributed by atoms with Gasteiger partial charge in [-0.1, -0.05) is 90.5 Å². The van der Waals surface area contributed by atoms with Crippen molar-refractivity contribution >= 4 is 0 Å². The average molecular weight is 281 g/mol. The molecule has 0 radical (unpaired) electrons. The number of unbranched alkanes of at least 4 members (excludes halogenated alkanes) is 8. The van der Waals surface area contributed by atoms with Gasteiger partial charge in [0.2, 0.25) is 0 Å². The first-order chi connectivity index (χ1) is 9.83. The first-order valence-corrected chi connectivity index (χ1v) is 9.13. The molecule has 0 aliphatic heterocycles. The van der Waals surface area contributed by atoms with E-state index < -0.39 is 0 Å². The summed E-state index contributed by atoms with van der Waals surface area (Å²) < 4.78 is 0. The molecule has 0 aromatic carbocycles. The highest BCUT2D eigenvalue weighted by Gasteiger charge is 1.81. The molecule has 0 aliphatic rings. The van der Waals surface area contributed by atoms with Crippen LogP contribution in [-0.4, -0.2) is 0 Å². The van der Waals surface area contributed by atoms with Crippen molar-refractivity contribution in [2.75, 3.05) is 0 Å². The molecule has 0 amide bonds. The maximum atomic E-state index is 2.32. The summed E-state index contributed by atoms with van der Waals surface area (Å²) in [6, 6.07) is 0. The van der Waals surface area contributed by atoms with E-state index in [0.717, 1.165) is 0 Å². The Balaban J connectivity index is 0. The van der Waals surface area contributed by atoms with Gasteiger partial charge in [-0.2, -0.15) is 0 Å². The van der Waals surface area contributed by atoms with Gasteiger partial charge < -0.3 is 0 Å². The summed E-state index contributed by atoms with van der Waals surface area (Å²) in [7, 11) is 0. The largest absolute Gasteiger partial charge is 0.0885 e. The van der Waals surface area contributed by atoms with Crippen molar-refractivity contribution in [3.63, 3.8) is 0 Å². The molecule has 0 heteroatoms. The maximum Gasteiger partial charge on any atom is -0.0351 e. The molecule has 0 atom stereocenters. The fraction of sp³-hybridized carbons (Fsp3) is 0.800. The highest BCUT2D eigenvalue weighted by Crippen LogP contribution is 2.01. The Kier molecular flexibility index (Phi) is 25.7.